The zero-order valence-corrected chi connectivity index (χ0v) is 16.2. The maximum absolute atomic E-state index is 10.1. The molecule has 8 heteroatoms. The van der Waals surface area contributed by atoms with Crippen molar-refractivity contribution in [2.24, 2.45) is 16.7 Å². The third-order valence-corrected chi connectivity index (χ3v) is 6.28. The number of fused-ring (bicyclic) bond motifs is 2. The van der Waals surface area contributed by atoms with E-state index in [0.717, 1.165) is 0 Å². The Morgan fingerprint density at radius 2 is 1.81 bits per heavy atom. The summed E-state index contributed by atoms with van der Waals surface area (Å²) in [6.45, 7) is 3.56. The van der Waals surface area contributed by atoms with Gasteiger partial charge >= 0.3 is 0 Å². The molecule has 1 aromatic carbocycles. The summed E-state index contributed by atoms with van der Waals surface area (Å²) in [6.07, 6.45) is 0.00237. The fraction of sp³-hybridized carbons (Fsp3) is 0.474. The molecule has 1 N–H and O–H groups in total. The predicted molar refractivity (Wildman–Crippen MR) is 97.6 cm³/mol. The Labute approximate surface area is 167 Å². The summed E-state index contributed by atoms with van der Waals surface area (Å²) < 4.78 is 11.8. The highest BCUT2D eigenvalue weighted by Gasteiger charge is 2.79. The van der Waals surface area contributed by atoms with Gasteiger partial charge in [0.1, 0.15) is 6.10 Å². The summed E-state index contributed by atoms with van der Waals surface area (Å²) >= 11 is 12.1. The zero-order valence-electron chi connectivity index (χ0n) is 14.7. The lowest BCUT2D eigenvalue weighted by Crippen LogP contribution is -2.58. The number of hydrogen-bond acceptors (Lipinski definition) is 6. The lowest BCUT2D eigenvalue weighted by atomic mass is 9.53. The highest BCUT2D eigenvalue weighted by atomic mass is 35.5. The van der Waals surface area contributed by atoms with Crippen LogP contribution in [-0.4, -0.2) is 11.7 Å². The lowest BCUT2D eigenvalue weighted by molar-refractivity contribution is -0.273. The van der Waals surface area contributed by atoms with Crippen molar-refractivity contribution in [3.63, 3.8) is 0 Å². The Kier molecular flexibility index (Phi) is 4.61. The quantitative estimate of drug-likeness (QED) is 0.782. The van der Waals surface area contributed by atoms with Crippen LogP contribution in [0.2, 0.25) is 10.0 Å². The van der Waals surface area contributed by atoms with Crippen LogP contribution < -0.4 is 0 Å². The van der Waals surface area contributed by atoms with Gasteiger partial charge in [-0.25, -0.2) is 0 Å². The third kappa shape index (κ3) is 2.30. The van der Waals surface area contributed by atoms with Gasteiger partial charge in [0.05, 0.1) is 34.2 Å². The van der Waals surface area contributed by atoms with Gasteiger partial charge in [-0.1, -0.05) is 42.6 Å². The number of benzene rings is 1. The summed E-state index contributed by atoms with van der Waals surface area (Å²) in [7, 11) is 0. The maximum Gasteiger partial charge on any atom is 0.214 e. The van der Waals surface area contributed by atoms with Crippen molar-refractivity contribution < 1.29 is 9.47 Å². The molecular formula is C19H16Cl2N4O2. The molecule has 2 saturated heterocycles. The molecule has 2 aliphatic heterocycles. The van der Waals surface area contributed by atoms with Gasteiger partial charge in [0.25, 0.3) is 0 Å². The first-order chi connectivity index (χ1) is 12.8. The number of halogens is 2. The van der Waals surface area contributed by atoms with E-state index < -0.39 is 34.5 Å². The smallest absolute Gasteiger partial charge is 0.214 e. The molecule has 0 spiro atoms. The molecule has 6 nitrogen and oxygen atoms in total. The second-order valence-electron chi connectivity index (χ2n) is 6.91. The Morgan fingerprint density at radius 1 is 1.15 bits per heavy atom. The normalized spacial score (nSPS) is 33.4. The fourth-order valence-electron chi connectivity index (χ4n) is 4.29. The summed E-state index contributed by atoms with van der Waals surface area (Å²) in [5, 5.41) is 39.2. The average molecular weight is 403 g/mol. The molecular weight excluding hydrogens is 387 g/mol. The second-order valence-corrected chi connectivity index (χ2v) is 7.73. The van der Waals surface area contributed by atoms with E-state index in [0.29, 0.717) is 23.4 Å². The molecule has 3 rings (SSSR count). The molecule has 0 amide bonds. The topological polar surface area (TPSA) is 114 Å². The van der Waals surface area contributed by atoms with E-state index in [1.54, 1.807) is 13.0 Å². The minimum atomic E-state index is -1.98. The second kappa shape index (κ2) is 6.39. The molecule has 2 fully saturated rings. The van der Waals surface area contributed by atoms with Gasteiger partial charge < -0.3 is 9.47 Å². The van der Waals surface area contributed by atoms with Crippen LogP contribution in [0.3, 0.4) is 0 Å². The highest BCUT2D eigenvalue weighted by molar-refractivity contribution is 6.42. The SMILES string of the molecule is CCCC1C2(C)OC(=N)C1(C#N)C(C#N)(C#N)C(c1ccc(Cl)c(Cl)c1)O2. The van der Waals surface area contributed by atoms with E-state index in [4.69, 9.17) is 38.1 Å². The van der Waals surface area contributed by atoms with Crippen molar-refractivity contribution >= 4 is 29.1 Å². The fourth-order valence-corrected chi connectivity index (χ4v) is 4.60. The van der Waals surface area contributed by atoms with Crippen molar-refractivity contribution in [3.05, 3.63) is 33.8 Å². The van der Waals surface area contributed by atoms with Gasteiger partial charge in [-0.15, -0.1) is 0 Å². The largest absolute Gasteiger partial charge is 0.448 e. The van der Waals surface area contributed by atoms with Gasteiger partial charge in [-0.05, 0) is 24.1 Å². The number of hydrogen-bond donors (Lipinski definition) is 1. The molecule has 27 heavy (non-hydrogen) atoms. The maximum atomic E-state index is 10.1. The first kappa shape index (κ1) is 19.5. The molecule has 4 unspecified atom stereocenters. The van der Waals surface area contributed by atoms with Gasteiger partial charge in [-0.3, -0.25) is 5.41 Å². The first-order valence-corrected chi connectivity index (χ1v) is 9.16. The zero-order chi connectivity index (χ0) is 20.0. The van der Waals surface area contributed by atoms with Crippen molar-refractivity contribution in [1.29, 1.82) is 21.2 Å². The van der Waals surface area contributed by atoms with Crippen LogP contribution in [0.25, 0.3) is 0 Å². The third-order valence-electron chi connectivity index (χ3n) is 5.54. The van der Waals surface area contributed by atoms with E-state index in [9.17, 15) is 15.8 Å². The number of ether oxygens (including phenoxy) is 2. The Morgan fingerprint density at radius 3 is 2.33 bits per heavy atom. The molecule has 0 radical (unpaired) electrons. The molecule has 4 atom stereocenters. The Bertz CT molecular complexity index is 930. The summed E-state index contributed by atoms with van der Waals surface area (Å²) in [6, 6.07) is 10.7. The molecule has 2 heterocycles. The Hall–Kier alpha value is -2.30. The molecule has 1 aromatic rings. The lowest BCUT2D eigenvalue weighted by Gasteiger charge is -2.48. The average Bonchev–Trinajstić information content (AvgIpc) is 2.81. The molecule has 2 aliphatic rings. The van der Waals surface area contributed by atoms with Crippen LogP contribution in [-0.2, 0) is 9.47 Å². The van der Waals surface area contributed by atoms with E-state index >= 15 is 0 Å². The van der Waals surface area contributed by atoms with Crippen LogP contribution in [0.15, 0.2) is 18.2 Å². The van der Waals surface area contributed by atoms with Crippen LogP contribution in [0.4, 0.5) is 0 Å². The van der Waals surface area contributed by atoms with Gasteiger partial charge in [0, 0.05) is 6.92 Å². The molecule has 2 bridgehead atoms. The van der Waals surface area contributed by atoms with Gasteiger partial charge in [0.2, 0.25) is 17.1 Å². The minimum absolute atomic E-state index is 0.234. The van der Waals surface area contributed by atoms with Crippen molar-refractivity contribution in [3.8, 4) is 18.2 Å². The number of nitrogens with one attached hydrogen (secondary N) is 1. The summed E-state index contributed by atoms with van der Waals surface area (Å²) in [5.41, 5.74) is -3.31. The monoisotopic (exact) mass is 402 g/mol. The summed E-state index contributed by atoms with van der Waals surface area (Å²) in [4.78, 5) is 0. The first-order valence-electron chi connectivity index (χ1n) is 8.40. The van der Waals surface area contributed by atoms with Crippen molar-refractivity contribution in [2.45, 2.75) is 38.6 Å². The predicted octanol–water partition coefficient (Wildman–Crippen LogP) is 4.75. The molecule has 138 valence electrons. The van der Waals surface area contributed by atoms with Crippen molar-refractivity contribution in [2.75, 3.05) is 0 Å². The summed E-state index contributed by atoms with van der Waals surface area (Å²) in [5.74, 6) is -2.35. The van der Waals surface area contributed by atoms with Crippen molar-refractivity contribution in [1.82, 2.24) is 0 Å². The van der Waals surface area contributed by atoms with E-state index in [1.165, 1.54) is 12.1 Å². The number of rotatable bonds is 3. The van der Waals surface area contributed by atoms with E-state index in [1.807, 2.05) is 19.1 Å². The van der Waals surface area contributed by atoms with Gasteiger partial charge in [-0.2, -0.15) is 15.8 Å². The molecule has 0 aliphatic carbocycles. The van der Waals surface area contributed by atoms with Crippen LogP contribution >= 0.6 is 23.2 Å². The van der Waals surface area contributed by atoms with E-state index in [-0.39, 0.29) is 5.02 Å². The number of nitriles is 3. The van der Waals surface area contributed by atoms with Crippen LogP contribution in [0.5, 0.6) is 0 Å². The minimum Gasteiger partial charge on any atom is -0.448 e. The van der Waals surface area contributed by atoms with E-state index in [2.05, 4.69) is 6.07 Å². The number of nitrogens with zero attached hydrogens (tertiary/aromatic N) is 3. The highest BCUT2D eigenvalue weighted by Crippen LogP contribution is 2.67. The molecule has 0 saturated carbocycles. The Balaban J connectivity index is 2.32. The van der Waals surface area contributed by atoms with Gasteiger partial charge in [0.15, 0.2) is 5.41 Å². The van der Waals surface area contributed by atoms with Crippen LogP contribution in [0.1, 0.15) is 38.4 Å². The molecule has 0 aromatic heterocycles. The standard InChI is InChI=1S/C19H16Cl2N4O2/c1-3-4-14-17(2)26-15(11-5-6-12(20)13(21)7-11)18(8-22,9-23)19(14,10-24)16(25)27-17/h5-7,14-15,25H,3-4H2,1-2H3. The van der Waals surface area contributed by atoms with Crippen LogP contribution in [0, 0.1) is 56.2 Å².